The van der Waals surface area contributed by atoms with Crippen molar-refractivity contribution in [2.75, 3.05) is 13.7 Å². The topological polar surface area (TPSA) is 74.6 Å². The summed E-state index contributed by atoms with van der Waals surface area (Å²) in [5.74, 6) is -0.375. The Morgan fingerprint density at radius 1 is 0.939 bits per heavy atom. The van der Waals surface area contributed by atoms with E-state index in [0.29, 0.717) is 28.1 Å². The van der Waals surface area contributed by atoms with Crippen LogP contribution in [0.3, 0.4) is 0 Å². The summed E-state index contributed by atoms with van der Waals surface area (Å²) >= 11 is 0. The van der Waals surface area contributed by atoms with Crippen molar-refractivity contribution in [3.05, 3.63) is 77.5 Å². The van der Waals surface area contributed by atoms with Gasteiger partial charge in [-0.2, -0.15) is 0 Å². The van der Waals surface area contributed by atoms with Gasteiger partial charge in [-0.1, -0.05) is 30.3 Å². The molecule has 1 heterocycles. The van der Waals surface area contributed by atoms with Crippen LogP contribution in [0.4, 0.5) is 0 Å². The van der Waals surface area contributed by atoms with Gasteiger partial charge in [0.25, 0.3) is 5.91 Å². The van der Waals surface area contributed by atoms with E-state index in [4.69, 9.17) is 9.47 Å². The molecule has 6 heteroatoms. The van der Waals surface area contributed by atoms with Gasteiger partial charge < -0.3 is 9.47 Å². The van der Waals surface area contributed by atoms with Crippen molar-refractivity contribution in [3.63, 3.8) is 0 Å². The first-order valence-electron chi connectivity index (χ1n) is 10.8. The number of esters is 1. The number of methoxy groups -OCH3 is 1. The molecule has 168 valence electrons. The molecule has 6 nitrogen and oxygen atoms in total. The third-order valence-electron chi connectivity index (χ3n) is 5.76. The monoisotopic (exact) mass is 443 g/mol. The van der Waals surface area contributed by atoms with Crippen LogP contribution in [0.1, 0.15) is 35.0 Å². The van der Waals surface area contributed by atoms with Crippen molar-refractivity contribution in [2.45, 2.75) is 26.7 Å². The molecule has 0 N–H and O–H groups in total. The van der Waals surface area contributed by atoms with Crippen LogP contribution in [0.25, 0.3) is 21.7 Å². The molecule has 0 bridgehead atoms. The fourth-order valence-corrected chi connectivity index (χ4v) is 4.16. The molecular formula is C27H25NO5. The number of nitrogens with zero attached hydrogens (tertiary/aromatic N) is 1. The predicted octanol–water partition coefficient (Wildman–Crippen LogP) is 4.86. The summed E-state index contributed by atoms with van der Waals surface area (Å²) in [5.41, 5.74) is 2.60. The lowest BCUT2D eigenvalue weighted by Crippen LogP contribution is -2.15. The first kappa shape index (κ1) is 22.3. The molecule has 0 saturated carbocycles. The van der Waals surface area contributed by atoms with Gasteiger partial charge in [-0.3, -0.25) is 19.0 Å². The van der Waals surface area contributed by atoms with E-state index in [-0.39, 0.29) is 31.1 Å². The summed E-state index contributed by atoms with van der Waals surface area (Å²) < 4.78 is 11.9. The van der Waals surface area contributed by atoms with Gasteiger partial charge in [0.05, 0.1) is 19.2 Å². The predicted molar refractivity (Wildman–Crippen MR) is 127 cm³/mol. The standard InChI is InChI=1S/C27H25NO5/c1-4-33-26(30)15-21(29)14-23-17(2)28(25-12-11-22(32-3)16-24(23)25)27(31)20-10-9-18-7-5-6-8-19(18)13-20/h5-13,16H,4,14-15H2,1-3H3. The summed E-state index contributed by atoms with van der Waals surface area (Å²) in [6, 6.07) is 18.9. The molecule has 0 spiro atoms. The average Bonchev–Trinajstić information content (AvgIpc) is 3.08. The molecule has 3 aromatic carbocycles. The number of benzene rings is 3. The molecule has 0 amide bonds. The van der Waals surface area contributed by atoms with Crippen molar-refractivity contribution >= 4 is 39.3 Å². The van der Waals surface area contributed by atoms with Gasteiger partial charge in [-0.05, 0) is 60.5 Å². The number of hydrogen-bond donors (Lipinski definition) is 0. The zero-order valence-corrected chi connectivity index (χ0v) is 18.9. The third-order valence-corrected chi connectivity index (χ3v) is 5.76. The number of rotatable bonds is 7. The molecule has 0 saturated heterocycles. The second-order valence-corrected chi connectivity index (χ2v) is 7.85. The molecule has 33 heavy (non-hydrogen) atoms. The Balaban J connectivity index is 1.79. The Bertz CT molecular complexity index is 1380. The molecule has 4 rings (SSSR count). The Labute approximate surface area is 191 Å². The molecule has 0 aliphatic heterocycles. The van der Waals surface area contributed by atoms with Crippen LogP contribution >= 0.6 is 0 Å². The van der Waals surface area contributed by atoms with Crippen LogP contribution in [0.15, 0.2) is 60.7 Å². The van der Waals surface area contributed by atoms with E-state index in [9.17, 15) is 14.4 Å². The highest BCUT2D eigenvalue weighted by Crippen LogP contribution is 2.31. The highest BCUT2D eigenvalue weighted by Gasteiger charge is 2.23. The van der Waals surface area contributed by atoms with Crippen molar-refractivity contribution < 1.29 is 23.9 Å². The van der Waals surface area contributed by atoms with Crippen molar-refractivity contribution in [1.82, 2.24) is 4.57 Å². The van der Waals surface area contributed by atoms with Crippen LogP contribution in [0.5, 0.6) is 5.75 Å². The number of fused-ring (bicyclic) bond motifs is 2. The van der Waals surface area contributed by atoms with E-state index in [2.05, 4.69) is 0 Å². The minimum atomic E-state index is -0.547. The molecular weight excluding hydrogens is 418 g/mol. The second-order valence-electron chi connectivity index (χ2n) is 7.85. The second kappa shape index (κ2) is 9.28. The normalized spacial score (nSPS) is 11.0. The molecule has 0 atom stereocenters. The molecule has 4 aromatic rings. The van der Waals surface area contributed by atoms with Crippen LogP contribution in [0.2, 0.25) is 0 Å². The summed E-state index contributed by atoms with van der Waals surface area (Å²) in [5, 5.41) is 2.78. The minimum absolute atomic E-state index is 0.0202. The maximum Gasteiger partial charge on any atom is 0.313 e. The van der Waals surface area contributed by atoms with E-state index < -0.39 is 5.97 Å². The molecule has 1 aromatic heterocycles. The third kappa shape index (κ3) is 4.37. The van der Waals surface area contributed by atoms with Crippen LogP contribution in [-0.4, -0.2) is 35.9 Å². The lowest BCUT2D eigenvalue weighted by molar-refractivity contribution is -0.145. The largest absolute Gasteiger partial charge is 0.497 e. The average molecular weight is 443 g/mol. The first-order valence-corrected chi connectivity index (χ1v) is 10.8. The Hall–Kier alpha value is -3.93. The van der Waals surface area contributed by atoms with Gasteiger partial charge in [-0.25, -0.2) is 0 Å². The van der Waals surface area contributed by atoms with Gasteiger partial charge in [0.1, 0.15) is 18.0 Å². The molecule has 0 unspecified atom stereocenters. The smallest absolute Gasteiger partial charge is 0.313 e. The summed E-state index contributed by atoms with van der Waals surface area (Å²) in [6.45, 7) is 3.74. The summed E-state index contributed by atoms with van der Waals surface area (Å²) in [6.07, 6.45) is -0.283. The molecule has 0 aliphatic rings. The van der Waals surface area contributed by atoms with Crippen LogP contribution < -0.4 is 4.74 Å². The van der Waals surface area contributed by atoms with E-state index in [1.165, 1.54) is 0 Å². The molecule has 0 aliphatic carbocycles. The van der Waals surface area contributed by atoms with E-state index in [0.717, 1.165) is 16.2 Å². The number of Topliss-reactive ketones (excluding diaryl/α,β-unsaturated/α-hetero) is 1. The van der Waals surface area contributed by atoms with Gasteiger partial charge in [0.2, 0.25) is 0 Å². The van der Waals surface area contributed by atoms with E-state index in [1.807, 2.05) is 61.5 Å². The van der Waals surface area contributed by atoms with Gasteiger partial charge in [-0.15, -0.1) is 0 Å². The fourth-order valence-electron chi connectivity index (χ4n) is 4.16. The SMILES string of the molecule is CCOC(=O)CC(=O)Cc1c(C)n(C(=O)c2ccc3ccccc3c2)c2ccc(OC)cc12. The van der Waals surface area contributed by atoms with E-state index in [1.54, 1.807) is 24.7 Å². The quantitative estimate of drug-likeness (QED) is 0.301. The van der Waals surface area contributed by atoms with Gasteiger partial charge in [0, 0.05) is 23.1 Å². The minimum Gasteiger partial charge on any atom is -0.497 e. The maximum absolute atomic E-state index is 13.6. The number of carbonyl (C=O) groups is 3. The molecule has 0 fully saturated rings. The number of ketones is 1. The van der Waals surface area contributed by atoms with Crippen LogP contribution in [0, 0.1) is 6.92 Å². The maximum atomic E-state index is 13.6. The van der Waals surface area contributed by atoms with Crippen molar-refractivity contribution in [2.24, 2.45) is 0 Å². The lowest BCUT2D eigenvalue weighted by atomic mass is 10.0. The van der Waals surface area contributed by atoms with E-state index >= 15 is 0 Å². The van der Waals surface area contributed by atoms with Gasteiger partial charge in [0.15, 0.2) is 0 Å². The Morgan fingerprint density at radius 3 is 2.42 bits per heavy atom. The highest BCUT2D eigenvalue weighted by molar-refractivity contribution is 6.07. The zero-order chi connectivity index (χ0) is 23.5. The van der Waals surface area contributed by atoms with Crippen molar-refractivity contribution in [3.8, 4) is 5.75 Å². The fraction of sp³-hybridized carbons (Fsp3) is 0.222. The summed E-state index contributed by atoms with van der Waals surface area (Å²) in [4.78, 5) is 38.0. The Kier molecular flexibility index (Phi) is 6.27. The van der Waals surface area contributed by atoms with Crippen LogP contribution in [-0.2, 0) is 20.7 Å². The molecule has 0 radical (unpaired) electrons. The number of ether oxygens (including phenoxy) is 2. The summed E-state index contributed by atoms with van der Waals surface area (Å²) in [7, 11) is 1.57. The Morgan fingerprint density at radius 2 is 1.70 bits per heavy atom. The van der Waals surface area contributed by atoms with Crippen molar-refractivity contribution in [1.29, 1.82) is 0 Å². The highest BCUT2D eigenvalue weighted by atomic mass is 16.5. The lowest BCUT2D eigenvalue weighted by Gasteiger charge is -2.09. The first-order chi connectivity index (χ1) is 15.9. The number of carbonyl (C=O) groups excluding carboxylic acids is 3. The van der Waals surface area contributed by atoms with Gasteiger partial charge >= 0.3 is 5.97 Å². The number of hydrogen-bond acceptors (Lipinski definition) is 5. The number of aromatic nitrogens is 1. The zero-order valence-electron chi connectivity index (χ0n) is 18.9.